The summed E-state index contributed by atoms with van der Waals surface area (Å²) >= 11 is 0. The van der Waals surface area contributed by atoms with Crippen LogP contribution in [-0.4, -0.2) is 0 Å². The second kappa shape index (κ2) is 17.4. The summed E-state index contributed by atoms with van der Waals surface area (Å²) in [4.78, 5) is 0. The maximum absolute atomic E-state index is 14.3. The van der Waals surface area contributed by atoms with E-state index in [1.54, 1.807) is 24.3 Å². The summed E-state index contributed by atoms with van der Waals surface area (Å²) in [6, 6.07) is 0. The molecule has 0 aliphatic rings. The Labute approximate surface area is 171 Å². The Hall–Kier alpha value is -3.00. The van der Waals surface area contributed by atoms with Crippen LogP contribution in [-0.2, 0) is 0 Å². The van der Waals surface area contributed by atoms with Crippen molar-refractivity contribution in [3.8, 4) is 0 Å². The van der Waals surface area contributed by atoms with Gasteiger partial charge in [0.15, 0.2) is 11.7 Å². The second-order valence-corrected chi connectivity index (χ2v) is 5.33. The quantitative estimate of drug-likeness (QED) is 0.260. The molecule has 0 aromatic carbocycles. The summed E-state index contributed by atoms with van der Waals surface area (Å²) in [6.07, 6.45) is 8.04. The zero-order valence-corrected chi connectivity index (χ0v) is 17.6. The van der Waals surface area contributed by atoms with Crippen LogP contribution in [0.1, 0.15) is 26.7 Å². The van der Waals surface area contributed by atoms with E-state index in [0.29, 0.717) is 0 Å². The van der Waals surface area contributed by atoms with E-state index in [2.05, 4.69) is 65.8 Å². The molecule has 0 aliphatic heterocycles. The van der Waals surface area contributed by atoms with E-state index < -0.39 is 11.7 Å². The molecule has 0 atom stereocenters. The molecule has 0 amide bonds. The minimum absolute atomic E-state index is 0.136. The molecule has 0 fully saturated rings. The predicted octanol–water partition coefficient (Wildman–Crippen LogP) is 9.01. The third-order valence-electron chi connectivity index (χ3n) is 3.45. The van der Waals surface area contributed by atoms with E-state index in [4.69, 9.17) is 0 Å². The Kier molecular flexibility index (Phi) is 18.5. The van der Waals surface area contributed by atoms with Crippen LogP contribution in [0.3, 0.4) is 0 Å². The zero-order chi connectivity index (χ0) is 22.9. The van der Waals surface area contributed by atoms with Crippen molar-refractivity contribution in [3.05, 3.63) is 135 Å². The number of halogens is 2. The Bertz CT molecular complexity index is 634. The highest BCUT2D eigenvalue weighted by atomic mass is 19.2. The number of rotatable bonds is 10. The zero-order valence-electron chi connectivity index (χ0n) is 17.6. The van der Waals surface area contributed by atoms with Gasteiger partial charge < -0.3 is 0 Å². The van der Waals surface area contributed by atoms with Gasteiger partial charge in [0.1, 0.15) is 0 Å². The van der Waals surface area contributed by atoms with Gasteiger partial charge in [-0.3, -0.25) is 0 Å². The standard InChI is InChI=1S/C22H26F2.2C2H4/c1-9-15(3)11-13-17(5)19(7)21(23)22(24)20(8)18(6)14-12-16(4)10-2;2*1-2/h11-14H,3-10H2,1-2H3;2*1-2H2/b13-11-,14-12-,22-21-;;. The van der Waals surface area contributed by atoms with Crippen molar-refractivity contribution >= 4 is 0 Å². The molecule has 0 bridgehead atoms. The molecule has 0 aromatic heterocycles. The first-order valence-electron chi connectivity index (χ1n) is 8.69. The van der Waals surface area contributed by atoms with E-state index in [0.717, 1.165) is 24.0 Å². The Morgan fingerprint density at radius 2 is 0.821 bits per heavy atom. The fourth-order valence-corrected chi connectivity index (χ4v) is 1.42. The lowest BCUT2D eigenvalue weighted by Gasteiger charge is -2.08. The van der Waals surface area contributed by atoms with Gasteiger partial charge in [0, 0.05) is 11.1 Å². The van der Waals surface area contributed by atoms with E-state index in [9.17, 15) is 8.78 Å². The first-order chi connectivity index (χ1) is 13.1. The smallest absolute Gasteiger partial charge is 0.166 e. The third-order valence-corrected chi connectivity index (χ3v) is 3.45. The van der Waals surface area contributed by atoms with Crippen LogP contribution in [0.25, 0.3) is 0 Å². The molecule has 0 N–H and O–H groups in total. The Morgan fingerprint density at radius 1 is 0.571 bits per heavy atom. The highest BCUT2D eigenvalue weighted by Gasteiger charge is 2.15. The van der Waals surface area contributed by atoms with Gasteiger partial charge in [-0.2, -0.15) is 0 Å². The summed E-state index contributed by atoms with van der Waals surface area (Å²) in [5, 5.41) is 0. The lowest BCUT2D eigenvalue weighted by atomic mass is 10.0. The largest absolute Gasteiger partial charge is 0.203 e. The highest BCUT2D eigenvalue weighted by molar-refractivity contribution is 5.55. The van der Waals surface area contributed by atoms with Crippen molar-refractivity contribution in [2.45, 2.75) is 26.7 Å². The summed E-state index contributed by atoms with van der Waals surface area (Å²) in [6.45, 7) is 38.0. The van der Waals surface area contributed by atoms with Gasteiger partial charge in [-0.15, -0.1) is 26.3 Å². The van der Waals surface area contributed by atoms with Crippen molar-refractivity contribution in [3.63, 3.8) is 0 Å². The van der Waals surface area contributed by atoms with E-state index in [1.807, 2.05) is 13.8 Å². The van der Waals surface area contributed by atoms with Crippen LogP contribution >= 0.6 is 0 Å². The first kappa shape index (κ1) is 29.8. The molecule has 2 heteroatoms. The molecule has 0 aliphatic carbocycles. The molecule has 0 heterocycles. The van der Waals surface area contributed by atoms with Crippen LogP contribution in [0.4, 0.5) is 8.78 Å². The molecular formula is C26H34F2. The highest BCUT2D eigenvalue weighted by Crippen LogP contribution is 2.29. The SMILES string of the molecule is C=C.C=C.C=C(/C=C\C(=C)C(=C)/C(F)=C(/F)C(=C)C(=C)/C=C\C(=C)CC)CC. The van der Waals surface area contributed by atoms with E-state index >= 15 is 0 Å². The van der Waals surface area contributed by atoms with Crippen LogP contribution in [0.5, 0.6) is 0 Å². The molecule has 152 valence electrons. The van der Waals surface area contributed by atoms with Gasteiger partial charge in [0.25, 0.3) is 0 Å². The fourth-order valence-electron chi connectivity index (χ4n) is 1.42. The van der Waals surface area contributed by atoms with Gasteiger partial charge in [-0.05, 0) is 24.0 Å². The van der Waals surface area contributed by atoms with Crippen molar-refractivity contribution in [2.75, 3.05) is 0 Å². The normalized spacial score (nSPS) is 10.7. The van der Waals surface area contributed by atoms with E-state index in [1.165, 1.54) is 0 Å². The van der Waals surface area contributed by atoms with Crippen molar-refractivity contribution < 1.29 is 8.78 Å². The number of hydrogen-bond acceptors (Lipinski definition) is 0. The number of allylic oxidation sites excluding steroid dienone is 12. The van der Waals surface area contributed by atoms with Crippen molar-refractivity contribution in [1.29, 1.82) is 0 Å². The fraction of sp³-hybridized carbons (Fsp3) is 0.154. The topological polar surface area (TPSA) is 0 Å². The van der Waals surface area contributed by atoms with Crippen molar-refractivity contribution in [1.82, 2.24) is 0 Å². The van der Waals surface area contributed by atoms with Crippen LogP contribution < -0.4 is 0 Å². The second-order valence-electron chi connectivity index (χ2n) is 5.33. The minimum Gasteiger partial charge on any atom is -0.203 e. The summed E-state index contributed by atoms with van der Waals surface area (Å²) in [5.74, 6) is -2.19. The minimum atomic E-state index is -1.10. The van der Waals surface area contributed by atoms with Gasteiger partial charge in [-0.1, -0.05) is 88.8 Å². The van der Waals surface area contributed by atoms with Crippen LogP contribution in [0.15, 0.2) is 135 Å². The average molecular weight is 385 g/mol. The van der Waals surface area contributed by atoms with Crippen LogP contribution in [0.2, 0.25) is 0 Å². The van der Waals surface area contributed by atoms with E-state index in [-0.39, 0.29) is 22.3 Å². The number of hydrogen-bond donors (Lipinski definition) is 0. The third kappa shape index (κ3) is 11.6. The molecular weight excluding hydrogens is 350 g/mol. The molecule has 0 aromatic rings. The molecule has 0 nitrogen and oxygen atoms in total. The summed E-state index contributed by atoms with van der Waals surface area (Å²) in [7, 11) is 0. The summed E-state index contributed by atoms with van der Waals surface area (Å²) < 4.78 is 28.5. The molecule has 0 unspecified atom stereocenters. The van der Waals surface area contributed by atoms with Gasteiger partial charge in [0.2, 0.25) is 0 Å². The van der Waals surface area contributed by atoms with Gasteiger partial charge in [0.05, 0.1) is 0 Å². The molecule has 0 saturated heterocycles. The maximum Gasteiger partial charge on any atom is 0.166 e. The monoisotopic (exact) mass is 384 g/mol. The lowest BCUT2D eigenvalue weighted by molar-refractivity contribution is 0.560. The van der Waals surface area contributed by atoms with Gasteiger partial charge in [-0.25, -0.2) is 8.78 Å². The lowest BCUT2D eigenvalue weighted by Crippen LogP contribution is -1.93. The first-order valence-corrected chi connectivity index (χ1v) is 8.69. The molecule has 28 heavy (non-hydrogen) atoms. The Balaban J connectivity index is -0.00000146. The Morgan fingerprint density at radius 3 is 1.04 bits per heavy atom. The molecule has 0 radical (unpaired) electrons. The average Bonchev–Trinajstić information content (AvgIpc) is 2.75. The molecule has 0 saturated carbocycles. The molecule has 0 spiro atoms. The predicted molar refractivity (Wildman–Crippen MR) is 125 cm³/mol. The summed E-state index contributed by atoms with van der Waals surface area (Å²) in [5.41, 5.74) is 1.98. The molecule has 0 rings (SSSR count). The van der Waals surface area contributed by atoms with Crippen molar-refractivity contribution in [2.24, 2.45) is 0 Å². The maximum atomic E-state index is 14.3. The van der Waals surface area contributed by atoms with Gasteiger partial charge >= 0.3 is 0 Å². The van der Waals surface area contributed by atoms with Crippen LogP contribution in [0, 0.1) is 0 Å².